The summed E-state index contributed by atoms with van der Waals surface area (Å²) in [5.41, 5.74) is 0. The highest BCUT2D eigenvalue weighted by Crippen LogP contribution is 2.26. The summed E-state index contributed by atoms with van der Waals surface area (Å²) in [5.74, 6) is -0.380. The molecule has 100 valence electrons. The van der Waals surface area contributed by atoms with Crippen LogP contribution >= 0.6 is 15.9 Å². The lowest BCUT2D eigenvalue weighted by Gasteiger charge is -2.30. The second kappa shape index (κ2) is 5.27. The van der Waals surface area contributed by atoms with Gasteiger partial charge in [0.1, 0.15) is 10.7 Å². The molecule has 1 atom stereocenters. The first-order chi connectivity index (χ1) is 8.41. The van der Waals surface area contributed by atoms with Crippen LogP contribution in [0.25, 0.3) is 0 Å². The molecule has 0 saturated carbocycles. The number of nitrogens with zero attached hydrogens (tertiary/aromatic N) is 1. The van der Waals surface area contributed by atoms with Crippen LogP contribution in [-0.2, 0) is 10.0 Å². The minimum atomic E-state index is -3.70. The maximum atomic E-state index is 13.8. The van der Waals surface area contributed by atoms with E-state index < -0.39 is 15.8 Å². The number of rotatable bonds is 2. The van der Waals surface area contributed by atoms with Crippen LogP contribution in [0.2, 0.25) is 0 Å². The van der Waals surface area contributed by atoms with Gasteiger partial charge in [0, 0.05) is 17.6 Å². The van der Waals surface area contributed by atoms with Crippen LogP contribution in [0.1, 0.15) is 19.8 Å². The van der Waals surface area contributed by atoms with Gasteiger partial charge in [-0.3, -0.25) is 0 Å². The van der Waals surface area contributed by atoms with Crippen molar-refractivity contribution in [3.8, 4) is 0 Å². The van der Waals surface area contributed by atoms with E-state index in [9.17, 15) is 12.8 Å². The number of hydrogen-bond acceptors (Lipinski definition) is 2. The second-order valence-corrected chi connectivity index (χ2v) is 7.51. The summed E-state index contributed by atoms with van der Waals surface area (Å²) in [6, 6.07) is 4.04. The third-order valence-corrected chi connectivity index (χ3v) is 5.52. The molecule has 0 radical (unpaired) electrons. The highest BCUT2D eigenvalue weighted by Gasteiger charge is 2.30. The topological polar surface area (TPSA) is 37.4 Å². The van der Waals surface area contributed by atoms with Crippen LogP contribution in [0.15, 0.2) is 27.6 Å². The summed E-state index contributed by atoms with van der Waals surface area (Å²) in [6.07, 6.45) is 1.85. The Balaban J connectivity index is 2.35. The van der Waals surface area contributed by atoms with E-state index in [0.717, 1.165) is 12.8 Å². The van der Waals surface area contributed by atoms with Crippen molar-refractivity contribution in [3.05, 3.63) is 28.5 Å². The van der Waals surface area contributed by atoms with Crippen molar-refractivity contribution in [2.45, 2.75) is 24.7 Å². The smallest absolute Gasteiger partial charge is 0.207 e. The van der Waals surface area contributed by atoms with Gasteiger partial charge < -0.3 is 0 Å². The first kappa shape index (κ1) is 14.0. The molecular weight excluding hydrogens is 321 g/mol. The van der Waals surface area contributed by atoms with Crippen LogP contribution < -0.4 is 0 Å². The van der Waals surface area contributed by atoms with Gasteiger partial charge in [-0.25, -0.2) is 12.8 Å². The van der Waals surface area contributed by atoms with E-state index in [1.165, 1.54) is 16.4 Å². The van der Waals surface area contributed by atoms with Gasteiger partial charge in [-0.05, 0) is 37.0 Å². The normalized spacial score (nSPS) is 22.1. The molecule has 1 fully saturated rings. The molecule has 1 aromatic carbocycles. The summed E-state index contributed by atoms with van der Waals surface area (Å²) in [7, 11) is -3.70. The Morgan fingerprint density at radius 2 is 2.17 bits per heavy atom. The summed E-state index contributed by atoms with van der Waals surface area (Å²) in [5, 5.41) is 0. The average Bonchev–Trinajstić information content (AvgIpc) is 2.28. The predicted octanol–water partition coefficient (Wildman–Crippen LogP) is 3.01. The van der Waals surface area contributed by atoms with Gasteiger partial charge >= 0.3 is 0 Å². The number of piperidine rings is 1. The predicted molar refractivity (Wildman–Crippen MR) is 71.3 cm³/mol. The molecule has 1 aromatic rings. The zero-order valence-electron chi connectivity index (χ0n) is 10.1. The Labute approximate surface area is 115 Å². The molecule has 6 heteroatoms. The fourth-order valence-corrected chi connectivity index (χ4v) is 4.16. The first-order valence-corrected chi connectivity index (χ1v) is 8.10. The third-order valence-electron chi connectivity index (χ3n) is 3.13. The summed E-state index contributed by atoms with van der Waals surface area (Å²) < 4.78 is 40.3. The summed E-state index contributed by atoms with van der Waals surface area (Å²) >= 11 is 3.12. The maximum Gasteiger partial charge on any atom is 0.245 e. The Bertz CT molecular complexity index is 547. The molecule has 1 heterocycles. The highest BCUT2D eigenvalue weighted by molar-refractivity contribution is 9.10. The Hall–Kier alpha value is -0.460. The second-order valence-electron chi connectivity index (χ2n) is 4.69. The molecule has 18 heavy (non-hydrogen) atoms. The molecule has 1 aliphatic heterocycles. The molecule has 1 aliphatic rings. The van der Waals surface area contributed by atoms with E-state index in [0.29, 0.717) is 23.5 Å². The highest BCUT2D eigenvalue weighted by atomic mass is 79.9. The fraction of sp³-hybridized carbons (Fsp3) is 0.500. The van der Waals surface area contributed by atoms with Crippen LogP contribution in [-0.4, -0.2) is 25.8 Å². The fourth-order valence-electron chi connectivity index (χ4n) is 2.19. The molecule has 0 amide bonds. The van der Waals surface area contributed by atoms with Crippen molar-refractivity contribution in [1.29, 1.82) is 0 Å². The van der Waals surface area contributed by atoms with Crippen molar-refractivity contribution >= 4 is 26.0 Å². The SMILES string of the molecule is CC1CCCN(S(=O)(=O)c2ccc(Br)cc2F)C1. The van der Waals surface area contributed by atoms with E-state index in [2.05, 4.69) is 15.9 Å². The van der Waals surface area contributed by atoms with Gasteiger partial charge in [0.05, 0.1) is 0 Å². The molecule has 0 bridgehead atoms. The monoisotopic (exact) mass is 335 g/mol. The van der Waals surface area contributed by atoms with Crippen molar-refractivity contribution in [2.24, 2.45) is 5.92 Å². The third kappa shape index (κ3) is 2.75. The lowest BCUT2D eigenvalue weighted by Crippen LogP contribution is -2.39. The van der Waals surface area contributed by atoms with Crippen LogP contribution in [0.4, 0.5) is 4.39 Å². The number of benzene rings is 1. The van der Waals surface area contributed by atoms with Crippen molar-refractivity contribution in [3.63, 3.8) is 0 Å². The maximum absolute atomic E-state index is 13.8. The molecule has 0 aliphatic carbocycles. The Morgan fingerprint density at radius 3 is 2.78 bits per heavy atom. The minimum absolute atomic E-state index is 0.236. The Morgan fingerprint density at radius 1 is 1.44 bits per heavy atom. The molecule has 3 nitrogen and oxygen atoms in total. The van der Waals surface area contributed by atoms with E-state index in [-0.39, 0.29) is 4.90 Å². The quantitative estimate of drug-likeness (QED) is 0.833. The molecule has 0 N–H and O–H groups in total. The summed E-state index contributed by atoms with van der Waals surface area (Å²) in [6.45, 7) is 2.96. The van der Waals surface area contributed by atoms with Gasteiger partial charge in [0.25, 0.3) is 0 Å². The van der Waals surface area contributed by atoms with E-state index in [4.69, 9.17) is 0 Å². The van der Waals surface area contributed by atoms with Crippen LogP contribution in [0, 0.1) is 11.7 Å². The lowest BCUT2D eigenvalue weighted by atomic mass is 10.0. The van der Waals surface area contributed by atoms with Gasteiger partial charge in [-0.2, -0.15) is 4.31 Å². The molecule has 1 unspecified atom stereocenters. The van der Waals surface area contributed by atoms with Crippen LogP contribution in [0.3, 0.4) is 0 Å². The van der Waals surface area contributed by atoms with E-state index in [1.807, 2.05) is 6.92 Å². The number of halogens is 2. The van der Waals surface area contributed by atoms with E-state index >= 15 is 0 Å². The van der Waals surface area contributed by atoms with E-state index in [1.54, 1.807) is 6.07 Å². The van der Waals surface area contributed by atoms with Crippen molar-refractivity contribution in [1.82, 2.24) is 4.31 Å². The van der Waals surface area contributed by atoms with Gasteiger partial charge in [0.2, 0.25) is 10.0 Å². The molecule has 1 saturated heterocycles. The Kier molecular flexibility index (Phi) is 4.08. The summed E-state index contributed by atoms with van der Waals surface area (Å²) in [4.78, 5) is -0.236. The van der Waals surface area contributed by atoms with Gasteiger partial charge in [-0.1, -0.05) is 22.9 Å². The standard InChI is InChI=1S/C12H15BrFNO2S/c1-9-3-2-6-15(8-9)18(16,17)12-5-4-10(13)7-11(12)14/h4-5,7,9H,2-3,6,8H2,1H3. The molecule has 2 rings (SSSR count). The van der Waals surface area contributed by atoms with Crippen molar-refractivity contribution in [2.75, 3.05) is 13.1 Å². The van der Waals surface area contributed by atoms with Crippen LogP contribution in [0.5, 0.6) is 0 Å². The number of sulfonamides is 1. The first-order valence-electron chi connectivity index (χ1n) is 5.86. The van der Waals surface area contributed by atoms with Gasteiger partial charge in [0.15, 0.2) is 0 Å². The van der Waals surface area contributed by atoms with Gasteiger partial charge in [-0.15, -0.1) is 0 Å². The molecular formula is C12H15BrFNO2S. The number of hydrogen-bond donors (Lipinski definition) is 0. The zero-order chi connectivity index (χ0) is 13.3. The zero-order valence-corrected chi connectivity index (χ0v) is 12.5. The minimum Gasteiger partial charge on any atom is -0.207 e. The molecule has 0 spiro atoms. The average molecular weight is 336 g/mol. The molecule has 0 aromatic heterocycles. The van der Waals surface area contributed by atoms with Crippen molar-refractivity contribution < 1.29 is 12.8 Å². The lowest BCUT2D eigenvalue weighted by molar-refractivity contribution is 0.280. The largest absolute Gasteiger partial charge is 0.245 e.